The Morgan fingerprint density at radius 2 is 1.68 bits per heavy atom. The van der Waals surface area contributed by atoms with Gasteiger partial charge >= 0.3 is 6.36 Å². The van der Waals surface area contributed by atoms with Gasteiger partial charge in [0, 0.05) is 56.5 Å². The van der Waals surface area contributed by atoms with Crippen molar-refractivity contribution in [3.05, 3.63) is 65.3 Å². The Morgan fingerprint density at radius 1 is 1.00 bits per heavy atom. The molecular formula is C24H20Cl2F3N7O2. The number of carbonyl (C=O) groups is 1. The summed E-state index contributed by atoms with van der Waals surface area (Å²) in [6, 6.07) is 5.36. The summed E-state index contributed by atoms with van der Waals surface area (Å²) in [6.45, 7) is 2.03. The highest BCUT2D eigenvalue weighted by Crippen LogP contribution is 2.34. The second-order valence-electron chi connectivity index (χ2n) is 8.36. The number of alkyl halides is 3. The van der Waals surface area contributed by atoms with Crippen LogP contribution < -0.4 is 15.0 Å². The SMILES string of the molecule is O=C(CNc1c(-c2ccc(OC(F)(F)F)cc2)nc2cnccn12)N1CCN(c2c(Cl)cncc2Cl)CC1. The van der Waals surface area contributed by atoms with Crippen molar-refractivity contribution in [2.45, 2.75) is 6.36 Å². The molecule has 0 radical (unpaired) electrons. The lowest BCUT2D eigenvalue weighted by molar-refractivity contribution is -0.274. The van der Waals surface area contributed by atoms with Gasteiger partial charge in [-0.1, -0.05) is 23.2 Å². The fourth-order valence-corrected chi connectivity index (χ4v) is 4.85. The van der Waals surface area contributed by atoms with Crippen molar-refractivity contribution in [2.75, 3.05) is 42.9 Å². The van der Waals surface area contributed by atoms with Gasteiger partial charge in [-0.05, 0) is 24.3 Å². The highest BCUT2D eigenvalue weighted by molar-refractivity contribution is 6.38. The van der Waals surface area contributed by atoms with Gasteiger partial charge in [-0.2, -0.15) is 0 Å². The number of pyridine rings is 1. The van der Waals surface area contributed by atoms with Crippen LogP contribution in [0.4, 0.5) is 24.7 Å². The van der Waals surface area contributed by atoms with Crippen LogP contribution in [0.1, 0.15) is 0 Å². The average Bonchev–Trinajstić information content (AvgIpc) is 3.25. The molecule has 198 valence electrons. The summed E-state index contributed by atoms with van der Waals surface area (Å²) >= 11 is 12.5. The molecule has 1 aromatic carbocycles. The van der Waals surface area contributed by atoms with Gasteiger partial charge in [0.1, 0.15) is 17.3 Å². The summed E-state index contributed by atoms with van der Waals surface area (Å²) in [7, 11) is 0. The van der Waals surface area contributed by atoms with E-state index in [2.05, 4.69) is 25.0 Å². The van der Waals surface area contributed by atoms with Crippen LogP contribution in [-0.2, 0) is 4.79 Å². The van der Waals surface area contributed by atoms with E-state index in [0.717, 1.165) is 0 Å². The van der Waals surface area contributed by atoms with Crippen LogP contribution in [0.5, 0.6) is 5.75 Å². The summed E-state index contributed by atoms with van der Waals surface area (Å²) in [6.07, 6.45) is 3.08. The molecule has 4 heterocycles. The van der Waals surface area contributed by atoms with Crippen molar-refractivity contribution in [3.8, 4) is 17.0 Å². The lowest BCUT2D eigenvalue weighted by atomic mass is 10.1. The predicted octanol–water partition coefficient (Wildman–Crippen LogP) is 4.76. The van der Waals surface area contributed by atoms with Crippen LogP contribution in [0, 0.1) is 0 Å². The zero-order valence-corrected chi connectivity index (χ0v) is 21.1. The number of ether oxygens (including phenoxy) is 1. The first kappa shape index (κ1) is 25.9. The minimum absolute atomic E-state index is 0.0187. The minimum atomic E-state index is -4.79. The maximum atomic E-state index is 13.0. The number of rotatable bonds is 6. The van der Waals surface area contributed by atoms with Gasteiger partial charge in [0.15, 0.2) is 5.65 Å². The number of aromatic nitrogens is 4. The molecule has 1 N–H and O–H groups in total. The molecule has 0 aliphatic carbocycles. The van der Waals surface area contributed by atoms with E-state index in [9.17, 15) is 18.0 Å². The number of imidazole rings is 1. The third kappa shape index (κ3) is 5.55. The van der Waals surface area contributed by atoms with Crippen LogP contribution >= 0.6 is 23.2 Å². The van der Waals surface area contributed by atoms with Gasteiger partial charge < -0.3 is 19.9 Å². The smallest absolute Gasteiger partial charge is 0.406 e. The Hall–Kier alpha value is -3.77. The van der Waals surface area contributed by atoms with E-state index in [0.29, 0.717) is 64.6 Å². The predicted molar refractivity (Wildman–Crippen MR) is 137 cm³/mol. The molecule has 0 unspecified atom stereocenters. The normalized spacial score (nSPS) is 14.1. The molecule has 1 aliphatic heterocycles. The van der Waals surface area contributed by atoms with Crippen molar-refractivity contribution < 1.29 is 22.7 Å². The molecule has 1 saturated heterocycles. The second-order valence-corrected chi connectivity index (χ2v) is 9.17. The fraction of sp³-hybridized carbons (Fsp3) is 0.250. The fourth-order valence-electron chi connectivity index (χ4n) is 4.25. The maximum Gasteiger partial charge on any atom is 0.573 e. The molecule has 0 spiro atoms. The molecule has 0 saturated carbocycles. The summed E-state index contributed by atoms with van der Waals surface area (Å²) in [5, 5.41) is 4.05. The van der Waals surface area contributed by atoms with Gasteiger partial charge in [-0.3, -0.25) is 19.2 Å². The molecule has 38 heavy (non-hydrogen) atoms. The molecule has 1 fully saturated rings. The molecule has 1 aliphatic rings. The van der Waals surface area contributed by atoms with Gasteiger partial charge in [-0.25, -0.2) is 4.98 Å². The summed E-state index contributed by atoms with van der Waals surface area (Å²) < 4.78 is 43.3. The lowest BCUT2D eigenvalue weighted by Gasteiger charge is -2.36. The number of benzene rings is 1. The molecule has 14 heteroatoms. The number of hydrogen-bond donors (Lipinski definition) is 1. The standard InChI is InChI=1S/C24H20Cl2F3N7O2/c25-17-11-31-12-18(26)22(17)35-9-7-34(8-10-35)20(37)14-32-23-21(33-19-13-30-5-6-36(19)23)15-1-3-16(4-2-15)38-24(27,28)29/h1-6,11-13,32H,7-10,14H2. The highest BCUT2D eigenvalue weighted by atomic mass is 35.5. The largest absolute Gasteiger partial charge is 0.573 e. The van der Waals surface area contributed by atoms with Crippen LogP contribution in [0.25, 0.3) is 16.9 Å². The number of amides is 1. The van der Waals surface area contributed by atoms with E-state index in [1.54, 1.807) is 27.9 Å². The van der Waals surface area contributed by atoms with Crippen LogP contribution in [-0.4, -0.2) is 69.2 Å². The third-order valence-electron chi connectivity index (χ3n) is 5.98. The number of nitrogens with zero attached hydrogens (tertiary/aromatic N) is 6. The van der Waals surface area contributed by atoms with Gasteiger partial charge in [-0.15, -0.1) is 13.2 Å². The van der Waals surface area contributed by atoms with E-state index >= 15 is 0 Å². The first-order valence-electron chi connectivity index (χ1n) is 11.4. The maximum absolute atomic E-state index is 13.0. The highest BCUT2D eigenvalue weighted by Gasteiger charge is 2.31. The van der Waals surface area contributed by atoms with Crippen molar-refractivity contribution >= 4 is 46.3 Å². The van der Waals surface area contributed by atoms with Crippen molar-refractivity contribution in [3.63, 3.8) is 0 Å². The van der Waals surface area contributed by atoms with Crippen LogP contribution in [0.3, 0.4) is 0 Å². The number of nitrogens with one attached hydrogen (secondary N) is 1. The van der Waals surface area contributed by atoms with Gasteiger partial charge in [0.2, 0.25) is 5.91 Å². The summed E-state index contributed by atoms with van der Waals surface area (Å²) in [4.78, 5) is 29.4. The first-order valence-corrected chi connectivity index (χ1v) is 12.2. The minimum Gasteiger partial charge on any atom is -0.406 e. The van der Waals surface area contributed by atoms with Crippen LogP contribution in [0.2, 0.25) is 10.0 Å². The number of piperazine rings is 1. The molecular weight excluding hydrogens is 546 g/mol. The van der Waals surface area contributed by atoms with Gasteiger partial charge in [0.05, 0.1) is 28.5 Å². The van der Waals surface area contributed by atoms with Crippen molar-refractivity contribution in [1.82, 2.24) is 24.3 Å². The Bertz CT molecular complexity index is 1440. The number of fused-ring (bicyclic) bond motifs is 1. The van der Waals surface area contributed by atoms with Crippen molar-refractivity contribution in [2.24, 2.45) is 0 Å². The van der Waals surface area contributed by atoms with E-state index in [4.69, 9.17) is 23.2 Å². The molecule has 9 nitrogen and oxygen atoms in total. The van der Waals surface area contributed by atoms with Gasteiger partial charge in [0.25, 0.3) is 0 Å². The van der Waals surface area contributed by atoms with E-state index in [1.165, 1.54) is 36.7 Å². The topological polar surface area (TPSA) is 87.9 Å². The summed E-state index contributed by atoms with van der Waals surface area (Å²) in [5.74, 6) is 0.0412. The number of halogens is 5. The molecule has 0 bridgehead atoms. The number of carbonyl (C=O) groups excluding carboxylic acids is 1. The lowest BCUT2D eigenvalue weighted by Crippen LogP contribution is -2.50. The Labute approximate surface area is 224 Å². The molecule has 4 aromatic rings. The monoisotopic (exact) mass is 565 g/mol. The zero-order chi connectivity index (χ0) is 26.9. The Balaban J connectivity index is 1.29. The van der Waals surface area contributed by atoms with Crippen molar-refractivity contribution in [1.29, 1.82) is 0 Å². The Kier molecular flexibility index (Phi) is 7.17. The molecule has 0 atom stereocenters. The first-order chi connectivity index (χ1) is 18.2. The van der Waals surface area contributed by atoms with E-state index in [-0.39, 0.29) is 18.2 Å². The van der Waals surface area contributed by atoms with Crippen LogP contribution in [0.15, 0.2) is 55.2 Å². The van der Waals surface area contributed by atoms with E-state index < -0.39 is 6.36 Å². The third-order valence-corrected chi connectivity index (χ3v) is 6.53. The number of anilines is 2. The Morgan fingerprint density at radius 3 is 2.34 bits per heavy atom. The summed E-state index contributed by atoms with van der Waals surface area (Å²) in [5.41, 5.74) is 2.20. The molecule has 1 amide bonds. The average molecular weight is 566 g/mol. The molecule has 3 aromatic heterocycles. The second kappa shape index (κ2) is 10.5. The molecule has 5 rings (SSSR count). The zero-order valence-electron chi connectivity index (χ0n) is 19.6. The van der Waals surface area contributed by atoms with E-state index in [1.807, 2.05) is 4.90 Å². The number of hydrogen-bond acceptors (Lipinski definition) is 7. The quantitative estimate of drug-likeness (QED) is 0.360.